The van der Waals surface area contributed by atoms with Gasteiger partial charge in [-0.15, -0.1) is 0 Å². The van der Waals surface area contributed by atoms with E-state index in [0.29, 0.717) is 29.7 Å². The molecular weight excluding hydrogens is 399 g/mol. The Balaban J connectivity index is 1.68. The van der Waals surface area contributed by atoms with Gasteiger partial charge >= 0.3 is 0 Å². The number of aliphatic imine (C=N–C) groups is 1. The third kappa shape index (κ3) is 3.68. The van der Waals surface area contributed by atoms with E-state index in [2.05, 4.69) is 15.3 Å². The summed E-state index contributed by atoms with van der Waals surface area (Å²) in [6.45, 7) is 2.46. The third-order valence-corrected chi connectivity index (χ3v) is 5.23. The summed E-state index contributed by atoms with van der Waals surface area (Å²) >= 11 is 5.80. The van der Waals surface area contributed by atoms with Crippen molar-refractivity contribution in [2.45, 2.75) is 12.5 Å². The normalized spacial score (nSPS) is 23.3. The standard InChI is InChI=1S/C20H18ClFN4O3/c1-20(14-10-28-7-6-17(14)29-19(23)26-20)13-8-12(3-4-15(13)22)25-18(27)16-5-2-11(21)9-24-16/h2-6,8-9,14H,7,10H2,1H3,(H2,23,26)(H,25,27)/t14?,20-/m1/s1. The van der Waals surface area contributed by atoms with Crippen LogP contribution in [0.1, 0.15) is 23.0 Å². The first kappa shape index (κ1) is 19.4. The predicted octanol–water partition coefficient (Wildman–Crippen LogP) is 3.22. The van der Waals surface area contributed by atoms with Crippen LogP contribution in [0.25, 0.3) is 0 Å². The molecule has 0 radical (unpaired) electrons. The minimum atomic E-state index is -1.06. The minimum absolute atomic E-state index is 0.0453. The van der Waals surface area contributed by atoms with Gasteiger partial charge in [-0.1, -0.05) is 11.6 Å². The molecule has 1 aromatic heterocycles. The third-order valence-electron chi connectivity index (χ3n) is 5.00. The second-order valence-corrected chi connectivity index (χ2v) is 7.34. The Kier molecular flexibility index (Phi) is 4.97. The van der Waals surface area contributed by atoms with Gasteiger partial charge in [0.25, 0.3) is 11.9 Å². The minimum Gasteiger partial charge on any atom is -0.431 e. The highest BCUT2D eigenvalue weighted by Crippen LogP contribution is 2.44. The van der Waals surface area contributed by atoms with Crippen LogP contribution in [0.4, 0.5) is 10.1 Å². The molecule has 2 aromatic rings. The van der Waals surface area contributed by atoms with Gasteiger partial charge in [-0.3, -0.25) is 4.79 Å². The lowest BCUT2D eigenvalue weighted by atomic mass is 9.77. The quantitative estimate of drug-likeness (QED) is 0.800. The Bertz CT molecular complexity index is 1020. The number of nitrogens with one attached hydrogen (secondary N) is 1. The number of fused-ring (bicyclic) bond motifs is 1. The van der Waals surface area contributed by atoms with Crippen molar-refractivity contribution in [3.63, 3.8) is 0 Å². The molecule has 2 aliphatic rings. The molecule has 0 saturated carbocycles. The van der Waals surface area contributed by atoms with Gasteiger partial charge < -0.3 is 20.5 Å². The lowest BCUT2D eigenvalue weighted by molar-refractivity contribution is 0.0531. The van der Waals surface area contributed by atoms with E-state index in [1.807, 2.05) is 0 Å². The fourth-order valence-electron chi connectivity index (χ4n) is 3.50. The summed E-state index contributed by atoms with van der Waals surface area (Å²) in [5.41, 5.74) is 5.64. The average Bonchev–Trinajstić information content (AvgIpc) is 2.69. The van der Waals surface area contributed by atoms with E-state index in [1.165, 1.54) is 30.5 Å². The van der Waals surface area contributed by atoms with E-state index >= 15 is 0 Å². The highest BCUT2D eigenvalue weighted by atomic mass is 35.5. The largest absolute Gasteiger partial charge is 0.431 e. The second kappa shape index (κ2) is 7.46. The zero-order valence-electron chi connectivity index (χ0n) is 15.5. The predicted molar refractivity (Wildman–Crippen MR) is 106 cm³/mol. The van der Waals surface area contributed by atoms with Crippen molar-refractivity contribution in [2.24, 2.45) is 16.6 Å². The summed E-state index contributed by atoms with van der Waals surface area (Å²) in [4.78, 5) is 20.8. The first-order valence-corrected chi connectivity index (χ1v) is 9.28. The van der Waals surface area contributed by atoms with E-state index in [-0.39, 0.29) is 23.2 Å². The van der Waals surface area contributed by atoms with Crippen LogP contribution < -0.4 is 11.1 Å². The van der Waals surface area contributed by atoms with Crippen LogP contribution in [-0.4, -0.2) is 30.1 Å². The molecule has 3 heterocycles. The number of rotatable bonds is 3. The van der Waals surface area contributed by atoms with Gasteiger partial charge in [0.05, 0.1) is 24.2 Å². The lowest BCUT2D eigenvalue weighted by Crippen LogP contribution is -2.44. The maximum absolute atomic E-state index is 14.8. The molecule has 7 nitrogen and oxygen atoms in total. The molecule has 2 aliphatic heterocycles. The molecule has 150 valence electrons. The SMILES string of the molecule is C[C@]1(c2cc(NC(=O)c3ccc(Cl)cn3)ccc2F)N=C(N)OC2=CCOCC21. The fourth-order valence-corrected chi connectivity index (χ4v) is 3.61. The van der Waals surface area contributed by atoms with Crippen molar-refractivity contribution >= 4 is 29.2 Å². The van der Waals surface area contributed by atoms with Gasteiger partial charge in [0.2, 0.25) is 0 Å². The molecule has 9 heteroatoms. The molecule has 0 fully saturated rings. The van der Waals surface area contributed by atoms with Crippen LogP contribution >= 0.6 is 11.6 Å². The number of ether oxygens (including phenoxy) is 2. The van der Waals surface area contributed by atoms with Gasteiger partial charge in [-0.25, -0.2) is 14.4 Å². The monoisotopic (exact) mass is 416 g/mol. The van der Waals surface area contributed by atoms with Crippen LogP contribution in [0.15, 0.2) is 53.4 Å². The Morgan fingerprint density at radius 2 is 2.21 bits per heavy atom. The van der Waals surface area contributed by atoms with Crippen LogP contribution in [0, 0.1) is 11.7 Å². The molecule has 0 bridgehead atoms. The molecule has 1 amide bonds. The number of halogens is 2. The number of amidine groups is 1. The number of pyridine rings is 1. The molecule has 29 heavy (non-hydrogen) atoms. The smallest absolute Gasteiger partial charge is 0.288 e. The molecule has 1 unspecified atom stereocenters. The average molecular weight is 417 g/mol. The van der Waals surface area contributed by atoms with E-state index in [1.54, 1.807) is 19.1 Å². The molecule has 0 aliphatic carbocycles. The zero-order valence-corrected chi connectivity index (χ0v) is 16.2. The number of carbonyl (C=O) groups is 1. The number of anilines is 1. The molecule has 0 spiro atoms. The summed E-state index contributed by atoms with van der Waals surface area (Å²) in [7, 11) is 0. The molecule has 2 atom stereocenters. The van der Waals surface area contributed by atoms with Crippen molar-refractivity contribution in [1.29, 1.82) is 0 Å². The molecular formula is C20H18ClFN4O3. The number of amides is 1. The van der Waals surface area contributed by atoms with Crippen molar-refractivity contribution in [2.75, 3.05) is 18.5 Å². The maximum Gasteiger partial charge on any atom is 0.288 e. The number of carbonyl (C=O) groups excluding carboxylic acids is 1. The summed E-state index contributed by atoms with van der Waals surface area (Å²) in [6, 6.07) is 7.31. The summed E-state index contributed by atoms with van der Waals surface area (Å²) in [5.74, 6) is -0.660. The second-order valence-electron chi connectivity index (χ2n) is 6.91. The topological polar surface area (TPSA) is 98.8 Å². The van der Waals surface area contributed by atoms with Crippen molar-refractivity contribution < 1.29 is 18.7 Å². The summed E-state index contributed by atoms with van der Waals surface area (Å²) < 4.78 is 25.9. The van der Waals surface area contributed by atoms with Crippen molar-refractivity contribution in [3.8, 4) is 0 Å². The van der Waals surface area contributed by atoms with E-state index in [4.69, 9.17) is 26.8 Å². The van der Waals surface area contributed by atoms with Gasteiger partial charge in [0.15, 0.2) is 0 Å². The lowest BCUT2D eigenvalue weighted by Gasteiger charge is -2.40. The Hall–Kier alpha value is -2.97. The Labute approximate surface area is 171 Å². The number of benzene rings is 1. The van der Waals surface area contributed by atoms with E-state index in [9.17, 15) is 9.18 Å². The Morgan fingerprint density at radius 3 is 2.97 bits per heavy atom. The molecule has 0 saturated heterocycles. The number of hydrogen-bond acceptors (Lipinski definition) is 6. The first-order valence-electron chi connectivity index (χ1n) is 8.91. The summed E-state index contributed by atoms with van der Waals surface area (Å²) in [5, 5.41) is 3.14. The van der Waals surface area contributed by atoms with Gasteiger partial charge in [-0.2, -0.15) is 0 Å². The van der Waals surface area contributed by atoms with Gasteiger partial charge in [-0.05, 0) is 43.3 Å². The van der Waals surface area contributed by atoms with Crippen molar-refractivity contribution in [1.82, 2.24) is 4.98 Å². The van der Waals surface area contributed by atoms with E-state index in [0.717, 1.165) is 0 Å². The maximum atomic E-state index is 14.8. The number of nitrogens with two attached hydrogens (primary N) is 1. The van der Waals surface area contributed by atoms with Gasteiger partial charge in [0.1, 0.15) is 22.8 Å². The highest BCUT2D eigenvalue weighted by molar-refractivity contribution is 6.30. The van der Waals surface area contributed by atoms with Crippen molar-refractivity contribution in [3.05, 3.63) is 70.5 Å². The number of aromatic nitrogens is 1. The molecule has 3 N–H and O–H groups in total. The zero-order chi connectivity index (χ0) is 20.6. The number of nitrogens with zero attached hydrogens (tertiary/aromatic N) is 2. The van der Waals surface area contributed by atoms with Crippen LogP contribution in [-0.2, 0) is 15.0 Å². The van der Waals surface area contributed by atoms with Crippen LogP contribution in [0.2, 0.25) is 5.02 Å². The van der Waals surface area contributed by atoms with E-state index < -0.39 is 17.3 Å². The highest BCUT2D eigenvalue weighted by Gasteiger charge is 2.45. The van der Waals surface area contributed by atoms with Crippen LogP contribution in [0.5, 0.6) is 0 Å². The fraction of sp³-hybridized carbons (Fsp3) is 0.250. The number of hydrogen-bond donors (Lipinski definition) is 2. The first-order chi connectivity index (χ1) is 13.9. The van der Waals surface area contributed by atoms with Crippen LogP contribution in [0.3, 0.4) is 0 Å². The Morgan fingerprint density at radius 1 is 1.38 bits per heavy atom. The molecule has 4 rings (SSSR count). The van der Waals surface area contributed by atoms with Gasteiger partial charge in [0, 0.05) is 17.4 Å². The summed E-state index contributed by atoms with van der Waals surface area (Å²) in [6.07, 6.45) is 3.15. The molecule has 1 aromatic carbocycles.